The van der Waals surface area contributed by atoms with Crippen molar-refractivity contribution in [3.05, 3.63) is 81.1 Å². The molecule has 4 nitrogen and oxygen atoms in total. The first kappa shape index (κ1) is 17.5. The van der Waals surface area contributed by atoms with Crippen molar-refractivity contribution >= 4 is 34.8 Å². The van der Waals surface area contributed by atoms with Crippen LogP contribution in [0.2, 0.25) is 10.0 Å². The Kier molecular flexibility index (Phi) is 5.11. The molecule has 0 unspecified atom stereocenters. The number of rotatable bonds is 4. The van der Waals surface area contributed by atoms with Gasteiger partial charge in [0.1, 0.15) is 0 Å². The predicted molar refractivity (Wildman–Crippen MR) is 102 cm³/mol. The third kappa shape index (κ3) is 4.03. The number of halogens is 2. The van der Waals surface area contributed by atoms with Crippen LogP contribution in [0.4, 0.5) is 5.69 Å². The summed E-state index contributed by atoms with van der Waals surface area (Å²) in [5.41, 5.74) is 3.98. The van der Waals surface area contributed by atoms with E-state index in [1.807, 2.05) is 42.8 Å². The smallest absolute Gasteiger partial charge is 0.255 e. The Morgan fingerprint density at radius 1 is 1.08 bits per heavy atom. The summed E-state index contributed by atoms with van der Waals surface area (Å²) in [4.78, 5) is 12.4. The van der Waals surface area contributed by atoms with Crippen LogP contribution in [0.1, 0.15) is 27.3 Å². The van der Waals surface area contributed by atoms with Crippen molar-refractivity contribution in [3.8, 4) is 0 Å². The van der Waals surface area contributed by atoms with Crippen LogP contribution < -0.4 is 5.32 Å². The number of hydrogen-bond acceptors (Lipinski definition) is 2. The van der Waals surface area contributed by atoms with Crippen molar-refractivity contribution in [2.45, 2.75) is 20.4 Å². The first-order valence-electron chi connectivity index (χ1n) is 7.79. The topological polar surface area (TPSA) is 46.9 Å². The zero-order chi connectivity index (χ0) is 18.0. The molecule has 1 N–H and O–H groups in total. The summed E-state index contributed by atoms with van der Waals surface area (Å²) in [6, 6.07) is 14.4. The van der Waals surface area contributed by atoms with E-state index in [1.54, 1.807) is 24.3 Å². The highest BCUT2D eigenvalue weighted by Gasteiger charge is 2.15. The fourth-order valence-electron chi connectivity index (χ4n) is 2.63. The largest absolute Gasteiger partial charge is 0.319 e. The van der Waals surface area contributed by atoms with Gasteiger partial charge in [0.15, 0.2) is 0 Å². The molecule has 0 saturated heterocycles. The summed E-state index contributed by atoms with van der Waals surface area (Å²) in [5, 5.41) is 8.76. The van der Waals surface area contributed by atoms with Gasteiger partial charge in [0.2, 0.25) is 0 Å². The van der Waals surface area contributed by atoms with Crippen LogP contribution in [0.3, 0.4) is 0 Å². The second-order valence-corrected chi connectivity index (χ2v) is 6.67. The average Bonchev–Trinajstić information content (AvgIpc) is 2.83. The highest BCUT2D eigenvalue weighted by molar-refractivity contribution is 6.31. The van der Waals surface area contributed by atoms with Crippen LogP contribution in [0.25, 0.3) is 0 Å². The van der Waals surface area contributed by atoms with Crippen LogP contribution in [-0.4, -0.2) is 15.7 Å². The molecular weight excluding hydrogens is 357 g/mol. The van der Waals surface area contributed by atoms with Crippen LogP contribution in [-0.2, 0) is 6.54 Å². The van der Waals surface area contributed by atoms with Crippen LogP contribution in [0.5, 0.6) is 0 Å². The molecule has 0 radical (unpaired) electrons. The Hall–Kier alpha value is -2.30. The SMILES string of the molecule is Cc1nn(Cc2cccc(Cl)c2)c(C)c1NC(=O)c1ccc(Cl)cc1. The van der Waals surface area contributed by atoms with E-state index < -0.39 is 0 Å². The van der Waals surface area contributed by atoms with Crippen molar-refractivity contribution in [1.29, 1.82) is 0 Å². The molecule has 128 valence electrons. The Balaban J connectivity index is 1.82. The number of aryl methyl sites for hydroxylation is 1. The number of carbonyl (C=O) groups is 1. The molecule has 2 aromatic carbocycles. The summed E-state index contributed by atoms with van der Waals surface area (Å²) < 4.78 is 1.86. The highest BCUT2D eigenvalue weighted by Crippen LogP contribution is 2.22. The maximum absolute atomic E-state index is 12.4. The lowest BCUT2D eigenvalue weighted by Crippen LogP contribution is -2.13. The molecule has 0 aliphatic rings. The maximum atomic E-state index is 12.4. The molecule has 0 fully saturated rings. The van der Waals surface area contributed by atoms with E-state index in [4.69, 9.17) is 23.2 Å². The number of anilines is 1. The lowest BCUT2D eigenvalue weighted by molar-refractivity contribution is 0.102. The summed E-state index contributed by atoms with van der Waals surface area (Å²) in [6.45, 7) is 4.39. The van der Waals surface area contributed by atoms with Gasteiger partial charge in [-0.05, 0) is 55.8 Å². The molecule has 6 heteroatoms. The molecule has 0 bridgehead atoms. The van der Waals surface area contributed by atoms with Gasteiger partial charge in [0.25, 0.3) is 5.91 Å². The normalized spacial score (nSPS) is 10.7. The van der Waals surface area contributed by atoms with Crippen molar-refractivity contribution < 1.29 is 4.79 Å². The molecule has 1 heterocycles. The predicted octanol–water partition coefficient (Wildman–Crippen LogP) is 5.11. The van der Waals surface area contributed by atoms with Gasteiger partial charge in [0, 0.05) is 15.6 Å². The quantitative estimate of drug-likeness (QED) is 0.690. The third-order valence-corrected chi connectivity index (χ3v) is 4.43. The number of amides is 1. The zero-order valence-electron chi connectivity index (χ0n) is 13.9. The molecule has 0 spiro atoms. The summed E-state index contributed by atoms with van der Waals surface area (Å²) in [5.74, 6) is -0.190. The van der Waals surface area contributed by atoms with Crippen LogP contribution in [0.15, 0.2) is 48.5 Å². The lowest BCUT2D eigenvalue weighted by Gasteiger charge is -2.08. The molecular formula is C19H17Cl2N3O. The second-order valence-electron chi connectivity index (χ2n) is 5.79. The van der Waals surface area contributed by atoms with Gasteiger partial charge in [-0.25, -0.2) is 0 Å². The molecule has 0 saturated carbocycles. The summed E-state index contributed by atoms with van der Waals surface area (Å²) in [6.07, 6.45) is 0. The van der Waals surface area contributed by atoms with E-state index in [-0.39, 0.29) is 5.91 Å². The van der Waals surface area contributed by atoms with Crippen molar-refractivity contribution in [1.82, 2.24) is 9.78 Å². The van der Waals surface area contributed by atoms with Crippen LogP contribution in [0, 0.1) is 13.8 Å². The summed E-state index contributed by atoms with van der Waals surface area (Å²) >= 11 is 11.9. The number of nitrogens with zero attached hydrogens (tertiary/aromatic N) is 2. The second kappa shape index (κ2) is 7.30. The molecule has 25 heavy (non-hydrogen) atoms. The molecule has 0 aliphatic carbocycles. The Morgan fingerprint density at radius 2 is 1.80 bits per heavy atom. The van der Waals surface area contributed by atoms with Gasteiger partial charge in [-0.15, -0.1) is 0 Å². The Morgan fingerprint density at radius 3 is 2.48 bits per heavy atom. The molecule has 0 atom stereocenters. The third-order valence-electron chi connectivity index (χ3n) is 3.95. The van der Waals surface area contributed by atoms with E-state index in [1.165, 1.54) is 0 Å². The van der Waals surface area contributed by atoms with E-state index in [9.17, 15) is 4.79 Å². The molecule has 3 rings (SSSR count). The number of aromatic nitrogens is 2. The average molecular weight is 374 g/mol. The maximum Gasteiger partial charge on any atom is 0.255 e. The van der Waals surface area contributed by atoms with Gasteiger partial charge < -0.3 is 5.32 Å². The Labute approximate surface area is 156 Å². The number of hydrogen-bond donors (Lipinski definition) is 1. The van der Waals surface area contributed by atoms with E-state index in [0.717, 1.165) is 22.6 Å². The zero-order valence-corrected chi connectivity index (χ0v) is 15.4. The molecule has 3 aromatic rings. The minimum atomic E-state index is -0.190. The first-order chi connectivity index (χ1) is 11.9. The monoisotopic (exact) mass is 373 g/mol. The summed E-state index contributed by atoms with van der Waals surface area (Å²) in [7, 11) is 0. The number of nitrogens with one attached hydrogen (secondary N) is 1. The first-order valence-corrected chi connectivity index (χ1v) is 8.55. The van der Waals surface area contributed by atoms with E-state index >= 15 is 0 Å². The van der Waals surface area contributed by atoms with Crippen molar-refractivity contribution in [3.63, 3.8) is 0 Å². The van der Waals surface area contributed by atoms with Gasteiger partial charge in [-0.1, -0.05) is 35.3 Å². The van der Waals surface area contributed by atoms with Gasteiger partial charge in [-0.3, -0.25) is 9.48 Å². The lowest BCUT2D eigenvalue weighted by atomic mass is 10.2. The number of benzene rings is 2. The van der Waals surface area contributed by atoms with Gasteiger partial charge >= 0.3 is 0 Å². The minimum Gasteiger partial charge on any atom is -0.319 e. The van der Waals surface area contributed by atoms with Gasteiger partial charge in [-0.2, -0.15) is 5.10 Å². The molecule has 1 aromatic heterocycles. The van der Waals surface area contributed by atoms with E-state index in [0.29, 0.717) is 22.2 Å². The highest BCUT2D eigenvalue weighted by atomic mass is 35.5. The Bertz CT molecular complexity index is 917. The fourth-order valence-corrected chi connectivity index (χ4v) is 2.97. The van der Waals surface area contributed by atoms with Crippen LogP contribution >= 0.6 is 23.2 Å². The minimum absolute atomic E-state index is 0.190. The standard InChI is InChI=1S/C19H17Cl2N3O/c1-12-18(22-19(25)15-6-8-16(20)9-7-15)13(2)24(23-12)11-14-4-3-5-17(21)10-14/h3-10H,11H2,1-2H3,(H,22,25). The fraction of sp³-hybridized carbons (Fsp3) is 0.158. The van der Waals surface area contributed by atoms with Crippen molar-refractivity contribution in [2.24, 2.45) is 0 Å². The number of carbonyl (C=O) groups excluding carboxylic acids is 1. The molecule has 0 aliphatic heterocycles. The van der Waals surface area contributed by atoms with E-state index in [2.05, 4.69) is 10.4 Å². The molecule has 1 amide bonds. The van der Waals surface area contributed by atoms with Crippen molar-refractivity contribution in [2.75, 3.05) is 5.32 Å². The van der Waals surface area contributed by atoms with Gasteiger partial charge in [0.05, 0.1) is 23.6 Å².